The highest BCUT2D eigenvalue weighted by Gasteiger charge is 2.23. The molecule has 1 aliphatic heterocycles. The van der Waals surface area contributed by atoms with Crippen LogP contribution < -0.4 is 4.90 Å². The van der Waals surface area contributed by atoms with Gasteiger partial charge in [0.05, 0.1) is 10.6 Å². The van der Waals surface area contributed by atoms with Crippen molar-refractivity contribution in [3.05, 3.63) is 64.2 Å². The fourth-order valence-corrected chi connectivity index (χ4v) is 3.32. The molecule has 1 amide bonds. The Bertz CT molecular complexity index is 701. The van der Waals surface area contributed by atoms with Crippen LogP contribution in [0.2, 0.25) is 5.02 Å². The molecule has 1 heterocycles. The number of carbonyl (C=O) groups is 1. The van der Waals surface area contributed by atoms with Gasteiger partial charge in [-0.3, -0.25) is 4.79 Å². The molecule has 3 rings (SSSR count). The van der Waals surface area contributed by atoms with E-state index < -0.39 is 0 Å². The van der Waals surface area contributed by atoms with Gasteiger partial charge in [-0.05, 0) is 49.2 Å². The van der Waals surface area contributed by atoms with Crippen molar-refractivity contribution in [3.8, 4) is 0 Å². The van der Waals surface area contributed by atoms with Gasteiger partial charge in [0.15, 0.2) is 0 Å². The van der Waals surface area contributed by atoms with Gasteiger partial charge in [0.1, 0.15) is 0 Å². The summed E-state index contributed by atoms with van der Waals surface area (Å²) in [4.78, 5) is 16.8. The summed E-state index contributed by atoms with van der Waals surface area (Å²) in [5.41, 5.74) is 4.38. The van der Waals surface area contributed by atoms with E-state index in [9.17, 15) is 4.79 Å². The maximum absolute atomic E-state index is 12.6. The SMILES string of the molecule is Cc1cc(C)cc(N2CCN(C(=O)c3ccccc3Cl)CC2)c1. The summed E-state index contributed by atoms with van der Waals surface area (Å²) < 4.78 is 0. The topological polar surface area (TPSA) is 23.6 Å². The van der Waals surface area contributed by atoms with E-state index in [1.807, 2.05) is 17.0 Å². The van der Waals surface area contributed by atoms with E-state index in [1.54, 1.807) is 12.1 Å². The largest absolute Gasteiger partial charge is 0.368 e. The number of hydrogen-bond acceptors (Lipinski definition) is 2. The molecule has 0 spiro atoms. The van der Waals surface area contributed by atoms with E-state index >= 15 is 0 Å². The molecule has 3 nitrogen and oxygen atoms in total. The quantitative estimate of drug-likeness (QED) is 0.834. The number of amides is 1. The van der Waals surface area contributed by atoms with Crippen molar-refractivity contribution in [1.82, 2.24) is 4.90 Å². The van der Waals surface area contributed by atoms with Crippen LogP contribution in [-0.2, 0) is 0 Å². The average Bonchev–Trinajstić information content (AvgIpc) is 2.54. The fraction of sp³-hybridized carbons (Fsp3) is 0.316. The minimum atomic E-state index is 0.0238. The molecule has 0 unspecified atom stereocenters. The zero-order valence-electron chi connectivity index (χ0n) is 13.6. The maximum Gasteiger partial charge on any atom is 0.255 e. The lowest BCUT2D eigenvalue weighted by Gasteiger charge is -2.36. The van der Waals surface area contributed by atoms with Gasteiger partial charge in [-0.25, -0.2) is 0 Å². The molecule has 0 N–H and O–H groups in total. The molecule has 23 heavy (non-hydrogen) atoms. The third kappa shape index (κ3) is 3.50. The molecule has 1 aliphatic rings. The smallest absolute Gasteiger partial charge is 0.255 e. The van der Waals surface area contributed by atoms with Crippen molar-refractivity contribution < 1.29 is 4.79 Å². The van der Waals surface area contributed by atoms with Crippen LogP contribution in [0.4, 0.5) is 5.69 Å². The Kier molecular flexibility index (Phi) is 4.58. The number of anilines is 1. The highest BCUT2D eigenvalue weighted by atomic mass is 35.5. The van der Waals surface area contributed by atoms with Crippen LogP contribution in [-0.4, -0.2) is 37.0 Å². The normalized spacial score (nSPS) is 14.9. The van der Waals surface area contributed by atoms with Gasteiger partial charge >= 0.3 is 0 Å². The summed E-state index contributed by atoms with van der Waals surface area (Å²) in [6.07, 6.45) is 0. The highest BCUT2D eigenvalue weighted by Crippen LogP contribution is 2.22. The van der Waals surface area contributed by atoms with Crippen molar-refractivity contribution in [3.63, 3.8) is 0 Å². The molecule has 1 saturated heterocycles. The predicted octanol–water partition coefficient (Wildman–Crippen LogP) is 3.92. The zero-order valence-corrected chi connectivity index (χ0v) is 14.3. The first-order valence-corrected chi connectivity index (χ1v) is 8.29. The van der Waals surface area contributed by atoms with E-state index in [0.29, 0.717) is 10.6 Å². The van der Waals surface area contributed by atoms with Crippen LogP contribution in [0, 0.1) is 13.8 Å². The maximum atomic E-state index is 12.6. The third-order valence-electron chi connectivity index (χ3n) is 4.24. The standard InChI is InChI=1S/C19H21ClN2O/c1-14-11-15(2)13-16(12-14)21-7-9-22(10-8-21)19(23)17-5-3-4-6-18(17)20/h3-6,11-13H,7-10H2,1-2H3. The second-order valence-corrected chi connectivity index (χ2v) is 6.51. The number of carbonyl (C=O) groups excluding carboxylic acids is 1. The van der Waals surface area contributed by atoms with Crippen LogP contribution in [0.1, 0.15) is 21.5 Å². The molecule has 0 radical (unpaired) electrons. The second-order valence-electron chi connectivity index (χ2n) is 6.11. The second kappa shape index (κ2) is 6.63. The fourth-order valence-electron chi connectivity index (χ4n) is 3.11. The summed E-state index contributed by atoms with van der Waals surface area (Å²) in [5, 5.41) is 0.522. The molecule has 1 fully saturated rings. The Labute approximate surface area is 142 Å². The van der Waals surface area contributed by atoms with Gasteiger partial charge in [0, 0.05) is 31.9 Å². The first-order chi connectivity index (χ1) is 11.0. The summed E-state index contributed by atoms with van der Waals surface area (Å²) >= 11 is 6.14. The number of aryl methyl sites for hydroxylation is 2. The Hall–Kier alpha value is -2.00. The van der Waals surface area contributed by atoms with Gasteiger partial charge in [-0.15, -0.1) is 0 Å². The third-order valence-corrected chi connectivity index (χ3v) is 4.57. The zero-order chi connectivity index (χ0) is 16.4. The lowest BCUT2D eigenvalue weighted by atomic mass is 10.1. The minimum Gasteiger partial charge on any atom is -0.368 e. The Morgan fingerprint density at radius 2 is 1.57 bits per heavy atom. The number of rotatable bonds is 2. The van der Waals surface area contributed by atoms with Crippen LogP contribution in [0.25, 0.3) is 0 Å². The lowest BCUT2D eigenvalue weighted by Crippen LogP contribution is -2.48. The molecule has 0 aliphatic carbocycles. The van der Waals surface area contributed by atoms with Crippen LogP contribution in [0.3, 0.4) is 0 Å². The molecular weight excluding hydrogens is 308 g/mol. The van der Waals surface area contributed by atoms with E-state index in [2.05, 4.69) is 36.9 Å². The van der Waals surface area contributed by atoms with E-state index in [4.69, 9.17) is 11.6 Å². The summed E-state index contributed by atoms with van der Waals surface area (Å²) in [6, 6.07) is 13.8. The van der Waals surface area contributed by atoms with Crippen molar-refractivity contribution in [2.45, 2.75) is 13.8 Å². The lowest BCUT2D eigenvalue weighted by molar-refractivity contribution is 0.0747. The molecule has 2 aromatic rings. The summed E-state index contributed by atoms with van der Waals surface area (Å²) in [7, 11) is 0. The van der Waals surface area contributed by atoms with Crippen molar-refractivity contribution in [2.75, 3.05) is 31.1 Å². The average molecular weight is 329 g/mol. The van der Waals surface area contributed by atoms with E-state index in [1.165, 1.54) is 16.8 Å². The highest BCUT2D eigenvalue weighted by molar-refractivity contribution is 6.33. The van der Waals surface area contributed by atoms with Crippen LogP contribution in [0.15, 0.2) is 42.5 Å². The van der Waals surface area contributed by atoms with Crippen LogP contribution in [0.5, 0.6) is 0 Å². The summed E-state index contributed by atoms with van der Waals surface area (Å²) in [6.45, 7) is 7.37. The molecule has 0 aromatic heterocycles. The van der Waals surface area contributed by atoms with Crippen molar-refractivity contribution in [2.24, 2.45) is 0 Å². The van der Waals surface area contributed by atoms with Crippen molar-refractivity contribution in [1.29, 1.82) is 0 Å². The summed E-state index contributed by atoms with van der Waals surface area (Å²) in [5.74, 6) is 0.0238. The predicted molar refractivity (Wildman–Crippen MR) is 95.5 cm³/mol. The molecule has 0 bridgehead atoms. The molecular formula is C19H21ClN2O. The molecule has 4 heteroatoms. The van der Waals surface area contributed by atoms with E-state index in [0.717, 1.165) is 26.2 Å². The van der Waals surface area contributed by atoms with E-state index in [-0.39, 0.29) is 5.91 Å². The Balaban J connectivity index is 1.69. The first kappa shape index (κ1) is 15.9. The number of piperazine rings is 1. The van der Waals surface area contributed by atoms with Gasteiger partial charge in [-0.1, -0.05) is 29.8 Å². The number of hydrogen-bond donors (Lipinski definition) is 0. The first-order valence-electron chi connectivity index (χ1n) is 7.91. The number of benzene rings is 2. The number of nitrogens with zero attached hydrogens (tertiary/aromatic N) is 2. The molecule has 2 aromatic carbocycles. The Morgan fingerprint density at radius 1 is 0.957 bits per heavy atom. The van der Waals surface area contributed by atoms with Crippen LogP contribution >= 0.6 is 11.6 Å². The number of halogens is 1. The Morgan fingerprint density at radius 3 is 2.17 bits per heavy atom. The minimum absolute atomic E-state index is 0.0238. The molecule has 120 valence electrons. The van der Waals surface area contributed by atoms with Gasteiger partial charge in [0.25, 0.3) is 5.91 Å². The van der Waals surface area contributed by atoms with Crippen molar-refractivity contribution >= 4 is 23.2 Å². The molecule has 0 atom stereocenters. The van der Waals surface area contributed by atoms with Gasteiger partial charge in [-0.2, -0.15) is 0 Å². The van der Waals surface area contributed by atoms with Gasteiger partial charge < -0.3 is 9.80 Å². The monoisotopic (exact) mass is 328 g/mol. The molecule has 0 saturated carbocycles. The van der Waals surface area contributed by atoms with Gasteiger partial charge in [0.2, 0.25) is 0 Å².